The van der Waals surface area contributed by atoms with Crippen molar-refractivity contribution in [3.8, 4) is 5.75 Å². The van der Waals surface area contributed by atoms with Crippen LogP contribution in [-0.2, 0) is 5.88 Å². The van der Waals surface area contributed by atoms with E-state index in [1.165, 1.54) is 19.3 Å². The Bertz CT molecular complexity index is 336. The fourth-order valence-corrected chi connectivity index (χ4v) is 2.19. The van der Waals surface area contributed by atoms with E-state index in [0.29, 0.717) is 5.88 Å². The largest absolute Gasteiger partial charge is 0.492 e. The lowest BCUT2D eigenvalue weighted by Gasteiger charge is -2.08. The van der Waals surface area contributed by atoms with Crippen LogP contribution in [-0.4, -0.2) is 6.61 Å². The molecule has 0 N–H and O–H groups in total. The predicted octanol–water partition coefficient (Wildman–Crippen LogP) is 4.37. The normalized spacial score (nSPS) is 15.3. The van der Waals surface area contributed by atoms with Gasteiger partial charge < -0.3 is 4.74 Å². The minimum Gasteiger partial charge on any atom is -0.492 e. The third kappa shape index (κ3) is 3.39. The van der Waals surface area contributed by atoms with Crippen LogP contribution < -0.4 is 4.74 Å². The van der Waals surface area contributed by atoms with Gasteiger partial charge in [-0.25, -0.2) is 0 Å². The molecule has 1 aromatic rings. The Morgan fingerprint density at radius 2 is 2.20 bits per heavy atom. The van der Waals surface area contributed by atoms with E-state index < -0.39 is 0 Å². The molecule has 3 heteroatoms. The van der Waals surface area contributed by atoms with Gasteiger partial charge in [0.15, 0.2) is 0 Å². The summed E-state index contributed by atoms with van der Waals surface area (Å²) in [5, 5.41) is 0. The fraction of sp³-hybridized carbons (Fsp3) is 0.500. The van der Waals surface area contributed by atoms with E-state index in [1.54, 1.807) is 0 Å². The monoisotopic (exact) mass is 288 g/mol. The Morgan fingerprint density at radius 3 is 2.80 bits per heavy atom. The summed E-state index contributed by atoms with van der Waals surface area (Å²) in [6.07, 6.45) is 3.95. The van der Waals surface area contributed by atoms with Crippen LogP contribution in [0.3, 0.4) is 0 Å². The highest BCUT2D eigenvalue weighted by molar-refractivity contribution is 9.10. The maximum Gasteiger partial charge on any atom is 0.133 e. The Morgan fingerprint density at radius 1 is 1.40 bits per heavy atom. The second-order valence-corrected chi connectivity index (χ2v) is 5.10. The molecule has 1 aromatic carbocycles. The quantitative estimate of drug-likeness (QED) is 0.732. The van der Waals surface area contributed by atoms with Gasteiger partial charge in [-0.3, -0.25) is 0 Å². The maximum atomic E-state index is 5.74. The van der Waals surface area contributed by atoms with Gasteiger partial charge >= 0.3 is 0 Å². The van der Waals surface area contributed by atoms with E-state index in [4.69, 9.17) is 16.3 Å². The van der Waals surface area contributed by atoms with Crippen molar-refractivity contribution in [1.82, 2.24) is 0 Å². The van der Waals surface area contributed by atoms with Crippen molar-refractivity contribution in [2.75, 3.05) is 6.61 Å². The van der Waals surface area contributed by atoms with Crippen molar-refractivity contribution in [3.63, 3.8) is 0 Å². The molecule has 0 radical (unpaired) electrons. The molecule has 0 heterocycles. The lowest BCUT2D eigenvalue weighted by atomic mass is 10.2. The number of hydrogen-bond donors (Lipinski definition) is 0. The summed E-state index contributed by atoms with van der Waals surface area (Å²) in [4.78, 5) is 0. The van der Waals surface area contributed by atoms with E-state index in [9.17, 15) is 0 Å². The Labute approximate surface area is 104 Å². The van der Waals surface area contributed by atoms with Crippen LogP contribution >= 0.6 is 27.5 Å². The van der Waals surface area contributed by atoms with E-state index in [0.717, 1.165) is 28.3 Å². The van der Waals surface area contributed by atoms with Crippen molar-refractivity contribution < 1.29 is 4.74 Å². The fourth-order valence-electron chi connectivity index (χ4n) is 1.49. The Hall–Kier alpha value is -0.210. The minimum atomic E-state index is 0.543. The van der Waals surface area contributed by atoms with Crippen LogP contribution in [0.1, 0.15) is 24.8 Å². The maximum absolute atomic E-state index is 5.74. The number of rotatable bonds is 5. The first-order valence-corrected chi connectivity index (χ1v) is 6.59. The summed E-state index contributed by atoms with van der Waals surface area (Å²) in [7, 11) is 0. The highest BCUT2D eigenvalue weighted by atomic mass is 79.9. The first-order valence-electron chi connectivity index (χ1n) is 5.27. The van der Waals surface area contributed by atoms with E-state index in [2.05, 4.69) is 15.9 Å². The van der Waals surface area contributed by atoms with Crippen molar-refractivity contribution in [1.29, 1.82) is 0 Å². The topological polar surface area (TPSA) is 9.23 Å². The Kier molecular flexibility index (Phi) is 3.92. The third-order valence-electron chi connectivity index (χ3n) is 2.63. The van der Waals surface area contributed by atoms with E-state index >= 15 is 0 Å². The number of halogens is 2. The zero-order valence-corrected chi connectivity index (χ0v) is 10.9. The van der Waals surface area contributed by atoms with Gasteiger partial charge in [0.25, 0.3) is 0 Å². The molecule has 0 amide bonds. The molecular weight excluding hydrogens is 275 g/mol. The average Bonchev–Trinajstić information content (AvgIpc) is 3.04. The molecule has 0 unspecified atom stereocenters. The van der Waals surface area contributed by atoms with Crippen molar-refractivity contribution in [2.24, 2.45) is 5.92 Å². The lowest BCUT2D eigenvalue weighted by molar-refractivity contribution is 0.300. The highest BCUT2D eigenvalue weighted by Gasteiger charge is 2.20. The first-order chi connectivity index (χ1) is 7.29. The van der Waals surface area contributed by atoms with Crippen LogP contribution in [0, 0.1) is 5.92 Å². The van der Waals surface area contributed by atoms with Crippen LogP contribution in [0.15, 0.2) is 22.7 Å². The predicted molar refractivity (Wildman–Crippen MR) is 66.5 cm³/mol. The standard InChI is InChI=1S/C12H14BrClO/c13-11-7-10(8-14)3-4-12(11)15-6-5-9-1-2-9/h3-4,7,9H,1-2,5-6,8H2. The summed E-state index contributed by atoms with van der Waals surface area (Å²) >= 11 is 9.23. The molecule has 1 aliphatic rings. The summed E-state index contributed by atoms with van der Waals surface area (Å²) < 4.78 is 6.69. The van der Waals surface area contributed by atoms with Gasteiger partial charge in [-0.15, -0.1) is 11.6 Å². The minimum absolute atomic E-state index is 0.543. The molecule has 82 valence electrons. The van der Waals surface area contributed by atoms with Crippen molar-refractivity contribution >= 4 is 27.5 Å². The van der Waals surface area contributed by atoms with Gasteiger partial charge in [0.2, 0.25) is 0 Å². The second-order valence-electron chi connectivity index (χ2n) is 3.98. The third-order valence-corrected chi connectivity index (χ3v) is 3.56. The first kappa shape index (κ1) is 11.3. The molecule has 2 rings (SSSR count). The summed E-state index contributed by atoms with van der Waals surface area (Å²) in [5.41, 5.74) is 1.11. The van der Waals surface area contributed by atoms with Crippen LogP contribution in [0.2, 0.25) is 0 Å². The molecule has 0 spiro atoms. The number of alkyl halides is 1. The molecule has 0 aromatic heterocycles. The highest BCUT2D eigenvalue weighted by Crippen LogP contribution is 2.33. The zero-order valence-electron chi connectivity index (χ0n) is 8.51. The lowest BCUT2D eigenvalue weighted by Crippen LogP contribution is -1.98. The number of ether oxygens (including phenoxy) is 1. The molecule has 0 bridgehead atoms. The van der Waals surface area contributed by atoms with Crippen LogP contribution in [0.25, 0.3) is 0 Å². The molecule has 1 nitrogen and oxygen atoms in total. The van der Waals surface area contributed by atoms with Crippen molar-refractivity contribution in [3.05, 3.63) is 28.2 Å². The Balaban J connectivity index is 1.88. The van der Waals surface area contributed by atoms with Gasteiger partial charge in [0.05, 0.1) is 11.1 Å². The van der Waals surface area contributed by atoms with E-state index in [-0.39, 0.29) is 0 Å². The van der Waals surface area contributed by atoms with Gasteiger partial charge in [-0.1, -0.05) is 18.9 Å². The molecule has 15 heavy (non-hydrogen) atoms. The molecule has 0 saturated heterocycles. The summed E-state index contributed by atoms with van der Waals surface area (Å²) in [6, 6.07) is 6.00. The number of benzene rings is 1. The molecule has 0 atom stereocenters. The van der Waals surface area contributed by atoms with Gasteiger partial charge in [0.1, 0.15) is 5.75 Å². The van der Waals surface area contributed by atoms with Crippen LogP contribution in [0.5, 0.6) is 5.75 Å². The number of hydrogen-bond acceptors (Lipinski definition) is 1. The molecular formula is C12H14BrClO. The zero-order chi connectivity index (χ0) is 10.7. The molecule has 0 aliphatic heterocycles. The van der Waals surface area contributed by atoms with Crippen LogP contribution in [0.4, 0.5) is 0 Å². The second kappa shape index (κ2) is 5.22. The van der Waals surface area contributed by atoms with Gasteiger partial charge in [0, 0.05) is 5.88 Å². The molecule has 1 saturated carbocycles. The van der Waals surface area contributed by atoms with Gasteiger partial charge in [-0.05, 0) is 46.0 Å². The average molecular weight is 290 g/mol. The smallest absolute Gasteiger partial charge is 0.133 e. The van der Waals surface area contributed by atoms with E-state index in [1.807, 2.05) is 18.2 Å². The SMILES string of the molecule is ClCc1ccc(OCCC2CC2)c(Br)c1. The van der Waals surface area contributed by atoms with Crippen molar-refractivity contribution in [2.45, 2.75) is 25.1 Å². The molecule has 1 fully saturated rings. The molecule has 1 aliphatic carbocycles. The summed E-state index contributed by atoms with van der Waals surface area (Å²) in [6.45, 7) is 0.823. The van der Waals surface area contributed by atoms with Gasteiger partial charge in [-0.2, -0.15) is 0 Å². The summed E-state index contributed by atoms with van der Waals surface area (Å²) in [5.74, 6) is 2.39.